The van der Waals surface area contributed by atoms with E-state index >= 15 is 0 Å². The zero-order valence-electron chi connectivity index (χ0n) is 12.6. The second kappa shape index (κ2) is 5.27. The number of benzene rings is 1. The van der Waals surface area contributed by atoms with E-state index in [9.17, 15) is 13.2 Å². The van der Waals surface area contributed by atoms with Gasteiger partial charge in [-0.25, -0.2) is 9.78 Å². The van der Waals surface area contributed by atoms with Gasteiger partial charge < -0.3 is 5.73 Å². The third kappa shape index (κ3) is 2.29. The Morgan fingerprint density at radius 1 is 1.08 bits per heavy atom. The van der Waals surface area contributed by atoms with Gasteiger partial charge in [0.15, 0.2) is 5.65 Å². The number of hydrogen-bond acceptors (Lipinski definition) is 7. The van der Waals surface area contributed by atoms with Gasteiger partial charge in [0.25, 0.3) is 10.0 Å². The van der Waals surface area contributed by atoms with Crippen molar-refractivity contribution >= 4 is 21.5 Å². The fourth-order valence-electron chi connectivity index (χ4n) is 2.44. The maximum Gasteiger partial charge on any atom is 0.349 e. The second-order valence-corrected chi connectivity index (χ2v) is 6.90. The Kier molecular flexibility index (Phi) is 3.18. The number of anilines is 1. The highest BCUT2D eigenvalue weighted by Gasteiger charge is 2.20. The van der Waals surface area contributed by atoms with Crippen molar-refractivity contribution in [3.05, 3.63) is 59.5 Å². The first-order valence-corrected chi connectivity index (χ1v) is 8.49. The van der Waals surface area contributed by atoms with E-state index in [0.29, 0.717) is 16.8 Å². The minimum atomic E-state index is -3.87. The molecule has 0 saturated carbocycles. The lowest BCUT2D eigenvalue weighted by molar-refractivity contribution is 0.581. The molecule has 25 heavy (non-hydrogen) atoms. The van der Waals surface area contributed by atoms with Gasteiger partial charge in [-0.3, -0.25) is 4.98 Å². The van der Waals surface area contributed by atoms with E-state index in [2.05, 4.69) is 20.2 Å². The summed E-state index contributed by atoms with van der Waals surface area (Å²) >= 11 is 0. The molecule has 3 heterocycles. The Morgan fingerprint density at radius 2 is 1.84 bits per heavy atom. The molecule has 3 aromatic heterocycles. The largest absolute Gasteiger partial charge is 0.383 e. The first-order chi connectivity index (χ1) is 12.0. The van der Waals surface area contributed by atoms with Gasteiger partial charge in [-0.2, -0.15) is 23.1 Å². The predicted octanol–water partition coefficient (Wildman–Crippen LogP) is 0.100. The summed E-state index contributed by atoms with van der Waals surface area (Å²) < 4.78 is 26.9. The quantitative estimate of drug-likeness (QED) is 0.529. The number of nitrogen functional groups attached to an aromatic ring is 1. The molecule has 3 N–H and O–H groups in total. The van der Waals surface area contributed by atoms with Gasteiger partial charge in [-0.05, 0) is 17.7 Å². The molecule has 1 aromatic carbocycles. The third-order valence-electron chi connectivity index (χ3n) is 3.64. The van der Waals surface area contributed by atoms with Gasteiger partial charge in [0.05, 0.1) is 23.6 Å². The fourth-order valence-corrected chi connectivity index (χ4v) is 3.63. The molecule has 0 atom stereocenters. The summed E-state index contributed by atoms with van der Waals surface area (Å²) in [6.07, 6.45) is 4.08. The lowest BCUT2D eigenvalue weighted by atomic mass is 10.1. The van der Waals surface area contributed by atoms with Crippen molar-refractivity contribution in [1.82, 2.24) is 28.8 Å². The van der Waals surface area contributed by atoms with Crippen LogP contribution in [0.15, 0.2) is 58.7 Å². The summed E-state index contributed by atoms with van der Waals surface area (Å²) in [5, 5.41) is 7.71. The molecule has 11 heteroatoms. The SMILES string of the molecule is Nc1ccnn1S(=O)(=O)c1ccc(-c2cnn3c(=O)[nH]cnc23)cc1. The van der Waals surface area contributed by atoms with Crippen LogP contribution in [0.3, 0.4) is 0 Å². The van der Waals surface area contributed by atoms with E-state index in [1.807, 2.05) is 0 Å². The number of hydrogen-bond donors (Lipinski definition) is 2. The van der Waals surface area contributed by atoms with Crippen molar-refractivity contribution in [3.8, 4) is 11.1 Å². The van der Waals surface area contributed by atoms with Crippen LogP contribution >= 0.6 is 0 Å². The summed E-state index contributed by atoms with van der Waals surface area (Å²) in [6.45, 7) is 0. The van der Waals surface area contributed by atoms with Crippen LogP contribution in [0.25, 0.3) is 16.8 Å². The van der Waals surface area contributed by atoms with E-state index in [0.717, 1.165) is 8.60 Å². The molecule has 0 unspecified atom stereocenters. The van der Waals surface area contributed by atoms with Crippen LogP contribution in [0.1, 0.15) is 0 Å². The van der Waals surface area contributed by atoms with E-state index in [4.69, 9.17) is 5.73 Å². The van der Waals surface area contributed by atoms with Crippen LogP contribution in [0.2, 0.25) is 0 Å². The highest BCUT2D eigenvalue weighted by Crippen LogP contribution is 2.25. The number of H-pyrrole nitrogens is 1. The molecular formula is C14H11N7O3S. The van der Waals surface area contributed by atoms with Crippen LogP contribution in [0.4, 0.5) is 5.82 Å². The number of aromatic amines is 1. The molecule has 0 aliphatic carbocycles. The predicted molar refractivity (Wildman–Crippen MR) is 88.3 cm³/mol. The van der Waals surface area contributed by atoms with E-state index in [1.54, 1.807) is 12.1 Å². The molecule has 4 rings (SSSR count). The number of aromatic nitrogens is 6. The standard InChI is InChI=1S/C14H11N7O3S/c15-12-5-6-18-21(12)25(23,24)10-3-1-9(2-4-10)11-7-19-20-13(11)16-8-17-14(20)22/h1-8H,15H2,(H,16,17,22). The first kappa shape index (κ1) is 15.1. The third-order valence-corrected chi connectivity index (χ3v) is 5.27. The molecule has 4 aromatic rings. The zero-order chi connectivity index (χ0) is 17.6. The Hall–Kier alpha value is -3.47. The smallest absolute Gasteiger partial charge is 0.349 e. The number of rotatable bonds is 3. The molecule has 0 saturated heterocycles. The summed E-state index contributed by atoms with van der Waals surface area (Å²) in [5.74, 6) is 0.0233. The molecular weight excluding hydrogens is 346 g/mol. The molecule has 126 valence electrons. The van der Waals surface area contributed by atoms with Gasteiger partial charge in [0, 0.05) is 11.6 Å². The van der Waals surface area contributed by atoms with E-state index in [-0.39, 0.29) is 10.7 Å². The molecule has 0 bridgehead atoms. The van der Waals surface area contributed by atoms with Crippen LogP contribution < -0.4 is 11.4 Å². The average Bonchev–Trinajstić information content (AvgIpc) is 3.22. The maximum atomic E-state index is 12.5. The Bertz CT molecular complexity index is 1240. The average molecular weight is 357 g/mol. The minimum Gasteiger partial charge on any atom is -0.383 e. The number of fused-ring (bicyclic) bond motifs is 1. The van der Waals surface area contributed by atoms with Gasteiger partial charge in [-0.15, -0.1) is 4.09 Å². The maximum absolute atomic E-state index is 12.5. The van der Waals surface area contributed by atoms with Crippen LogP contribution in [0, 0.1) is 0 Å². The van der Waals surface area contributed by atoms with Crippen LogP contribution in [-0.2, 0) is 10.0 Å². The number of nitrogens with one attached hydrogen (secondary N) is 1. The van der Waals surface area contributed by atoms with Crippen molar-refractivity contribution < 1.29 is 8.42 Å². The molecule has 0 fully saturated rings. The van der Waals surface area contributed by atoms with Crippen molar-refractivity contribution in [3.63, 3.8) is 0 Å². The summed E-state index contributed by atoms with van der Waals surface area (Å²) in [7, 11) is -3.87. The van der Waals surface area contributed by atoms with Gasteiger partial charge >= 0.3 is 5.69 Å². The Labute approximate surface area is 140 Å². The van der Waals surface area contributed by atoms with Gasteiger partial charge in [0.2, 0.25) is 0 Å². The van der Waals surface area contributed by atoms with Crippen LogP contribution in [0.5, 0.6) is 0 Å². The lowest BCUT2D eigenvalue weighted by Crippen LogP contribution is -2.17. The molecule has 0 spiro atoms. The molecule has 10 nitrogen and oxygen atoms in total. The summed E-state index contributed by atoms with van der Waals surface area (Å²) in [6, 6.07) is 7.47. The molecule has 0 amide bonds. The molecule has 0 aliphatic rings. The highest BCUT2D eigenvalue weighted by molar-refractivity contribution is 7.90. The van der Waals surface area contributed by atoms with Crippen molar-refractivity contribution in [2.45, 2.75) is 4.90 Å². The fraction of sp³-hybridized carbons (Fsp3) is 0. The normalized spacial score (nSPS) is 11.8. The van der Waals surface area contributed by atoms with Crippen LogP contribution in [-0.4, -0.2) is 37.2 Å². The van der Waals surface area contributed by atoms with E-state index in [1.165, 1.54) is 36.9 Å². The zero-order valence-corrected chi connectivity index (χ0v) is 13.4. The first-order valence-electron chi connectivity index (χ1n) is 7.05. The number of nitrogens with two attached hydrogens (primary N) is 1. The second-order valence-electron chi connectivity index (χ2n) is 5.13. The minimum absolute atomic E-state index is 0.0233. The topological polar surface area (TPSA) is 141 Å². The highest BCUT2D eigenvalue weighted by atomic mass is 32.2. The molecule has 0 aliphatic heterocycles. The van der Waals surface area contributed by atoms with Crippen molar-refractivity contribution in [2.75, 3.05) is 5.73 Å². The van der Waals surface area contributed by atoms with Crippen molar-refractivity contribution in [2.24, 2.45) is 0 Å². The monoisotopic (exact) mass is 357 g/mol. The van der Waals surface area contributed by atoms with E-state index < -0.39 is 15.7 Å². The van der Waals surface area contributed by atoms with Gasteiger partial charge in [0.1, 0.15) is 5.82 Å². The Balaban J connectivity index is 1.79. The van der Waals surface area contributed by atoms with Gasteiger partial charge in [-0.1, -0.05) is 12.1 Å². The number of nitrogens with zero attached hydrogens (tertiary/aromatic N) is 5. The Morgan fingerprint density at radius 3 is 2.52 bits per heavy atom. The molecule has 0 radical (unpaired) electrons. The lowest BCUT2D eigenvalue weighted by Gasteiger charge is -2.07. The summed E-state index contributed by atoms with van der Waals surface area (Å²) in [5.41, 5.74) is 6.85. The van der Waals surface area contributed by atoms with Crippen molar-refractivity contribution in [1.29, 1.82) is 0 Å². The summed E-state index contributed by atoms with van der Waals surface area (Å²) in [4.78, 5) is 18.2.